The van der Waals surface area contributed by atoms with Crippen LogP contribution in [0.2, 0.25) is 0 Å². The smallest absolute Gasteiger partial charge is 0.244 e. The fourth-order valence-corrected chi connectivity index (χ4v) is 1.95. The lowest BCUT2D eigenvalue weighted by Gasteiger charge is -2.07. The molecule has 0 unspecified atom stereocenters. The molecule has 0 saturated heterocycles. The molecule has 1 N–H and O–H groups in total. The van der Waals surface area contributed by atoms with E-state index in [4.69, 9.17) is 9.47 Å². The van der Waals surface area contributed by atoms with E-state index in [9.17, 15) is 4.79 Å². The lowest BCUT2D eigenvalue weighted by atomic mass is 10.1. The van der Waals surface area contributed by atoms with Gasteiger partial charge in [0, 0.05) is 37.0 Å². The lowest BCUT2D eigenvalue weighted by molar-refractivity contribution is -0.116. The number of aromatic nitrogens is 2. The van der Waals surface area contributed by atoms with Crippen LogP contribution in [0.5, 0.6) is 11.5 Å². The van der Waals surface area contributed by atoms with Gasteiger partial charge in [-0.05, 0) is 24.3 Å². The van der Waals surface area contributed by atoms with Crippen molar-refractivity contribution in [3.63, 3.8) is 0 Å². The van der Waals surface area contributed by atoms with Crippen LogP contribution in [0.1, 0.15) is 11.1 Å². The number of carbonyl (C=O) groups excluding carboxylic acids is 1. The maximum Gasteiger partial charge on any atom is 0.244 e. The first-order chi connectivity index (χ1) is 10.6. The van der Waals surface area contributed by atoms with Gasteiger partial charge in [-0.15, -0.1) is 0 Å². The third kappa shape index (κ3) is 4.12. The quantitative estimate of drug-likeness (QED) is 0.826. The largest absolute Gasteiger partial charge is 0.497 e. The normalized spacial score (nSPS) is 10.7. The Bertz CT molecular complexity index is 677. The fourth-order valence-electron chi connectivity index (χ4n) is 1.95. The molecular weight excluding hydrogens is 282 g/mol. The van der Waals surface area contributed by atoms with Crippen LogP contribution in [0.15, 0.2) is 36.7 Å². The summed E-state index contributed by atoms with van der Waals surface area (Å²) in [4.78, 5) is 11.9. The Morgan fingerprint density at radius 3 is 2.82 bits per heavy atom. The standard InChI is InChI=1S/C16H19N3O3/c1-19-11-12(10-18-19)9-17-16(20)7-4-13-8-14(21-2)5-6-15(13)22-3/h4-8,10-11H,9H2,1-3H3,(H,17,20)/b7-4+. The molecule has 0 fully saturated rings. The van der Waals surface area contributed by atoms with Crippen molar-refractivity contribution >= 4 is 12.0 Å². The first kappa shape index (κ1) is 15.6. The van der Waals surface area contributed by atoms with Crippen molar-refractivity contribution in [2.45, 2.75) is 6.54 Å². The zero-order chi connectivity index (χ0) is 15.9. The van der Waals surface area contributed by atoms with E-state index >= 15 is 0 Å². The van der Waals surface area contributed by atoms with Gasteiger partial charge >= 0.3 is 0 Å². The number of aryl methyl sites for hydroxylation is 1. The maximum atomic E-state index is 11.9. The molecule has 0 aliphatic rings. The van der Waals surface area contributed by atoms with Crippen molar-refractivity contribution in [3.05, 3.63) is 47.8 Å². The second kappa shape index (κ2) is 7.31. The molecular formula is C16H19N3O3. The molecule has 1 aromatic heterocycles. The summed E-state index contributed by atoms with van der Waals surface area (Å²) in [5.41, 5.74) is 1.72. The van der Waals surface area contributed by atoms with Gasteiger partial charge in [-0.25, -0.2) is 0 Å². The molecule has 0 bridgehead atoms. The SMILES string of the molecule is COc1ccc(OC)c(/C=C/C(=O)NCc2cnn(C)c2)c1. The Balaban J connectivity index is 1.99. The number of benzene rings is 1. The minimum Gasteiger partial charge on any atom is -0.497 e. The van der Waals surface area contributed by atoms with E-state index in [0.29, 0.717) is 18.0 Å². The highest BCUT2D eigenvalue weighted by atomic mass is 16.5. The molecule has 0 spiro atoms. The molecule has 6 heteroatoms. The molecule has 1 heterocycles. The third-order valence-electron chi connectivity index (χ3n) is 3.08. The predicted octanol–water partition coefficient (Wildman–Crippen LogP) is 1.77. The number of carbonyl (C=O) groups is 1. The van der Waals surface area contributed by atoms with Crippen molar-refractivity contribution in [1.82, 2.24) is 15.1 Å². The summed E-state index contributed by atoms with van der Waals surface area (Å²) in [6.07, 6.45) is 6.73. The van der Waals surface area contributed by atoms with Gasteiger partial charge in [-0.2, -0.15) is 5.10 Å². The number of rotatable bonds is 6. The minimum atomic E-state index is -0.186. The van der Waals surface area contributed by atoms with Gasteiger partial charge in [0.25, 0.3) is 0 Å². The zero-order valence-electron chi connectivity index (χ0n) is 12.9. The molecule has 1 amide bonds. The number of hydrogen-bond acceptors (Lipinski definition) is 4. The number of nitrogens with one attached hydrogen (secondary N) is 1. The molecule has 116 valence electrons. The van der Waals surface area contributed by atoms with Crippen molar-refractivity contribution in [2.24, 2.45) is 7.05 Å². The average molecular weight is 301 g/mol. The highest BCUT2D eigenvalue weighted by Gasteiger charge is 2.03. The maximum absolute atomic E-state index is 11.9. The molecule has 2 rings (SSSR count). The fraction of sp³-hybridized carbons (Fsp3) is 0.250. The van der Waals surface area contributed by atoms with Gasteiger partial charge in [0.15, 0.2) is 0 Å². The number of ether oxygens (including phenoxy) is 2. The van der Waals surface area contributed by atoms with E-state index in [-0.39, 0.29) is 5.91 Å². The second-order valence-corrected chi connectivity index (χ2v) is 4.68. The summed E-state index contributed by atoms with van der Waals surface area (Å²) >= 11 is 0. The Kier molecular flexibility index (Phi) is 5.19. The Labute approximate surface area is 129 Å². The molecule has 0 aliphatic heterocycles. The highest BCUT2D eigenvalue weighted by molar-refractivity contribution is 5.92. The predicted molar refractivity (Wildman–Crippen MR) is 83.6 cm³/mol. The number of amides is 1. The summed E-state index contributed by atoms with van der Waals surface area (Å²) in [6.45, 7) is 0.437. The molecule has 1 aromatic carbocycles. The summed E-state index contributed by atoms with van der Waals surface area (Å²) in [7, 11) is 5.01. The first-order valence-corrected chi connectivity index (χ1v) is 6.78. The van der Waals surface area contributed by atoms with Crippen molar-refractivity contribution in [2.75, 3.05) is 14.2 Å². The molecule has 0 saturated carbocycles. The van der Waals surface area contributed by atoms with Gasteiger partial charge < -0.3 is 14.8 Å². The van der Waals surface area contributed by atoms with E-state index in [1.54, 1.807) is 43.3 Å². The van der Waals surface area contributed by atoms with Crippen molar-refractivity contribution in [3.8, 4) is 11.5 Å². The topological polar surface area (TPSA) is 65.4 Å². The monoisotopic (exact) mass is 301 g/mol. The number of nitrogens with zero attached hydrogens (tertiary/aromatic N) is 2. The van der Waals surface area contributed by atoms with Crippen LogP contribution in [0.25, 0.3) is 6.08 Å². The second-order valence-electron chi connectivity index (χ2n) is 4.68. The van der Waals surface area contributed by atoms with E-state index in [1.165, 1.54) is 6.08 Å². The van der Waals surface area contributed by atoms with Gasteiger partial charge in [0.05, 0.1) is 20.4 Å². The summed E-state index contributed by atoms with van der Waals surface area (Å²) in [6, 6.07) is 5.41. The van der Waals surface area contributed by atoms with Gasteiger partial charge in [-0.3, -0.25) is 9.48 Å². The van der Waals surface area contributed by atoms with Crippen molar-refractivity contribution < 1.29 is 14.3 Å². The molecule has 0 atom stereocenters. The zero-order valence-corrected chi connectivity index (χ0v) is 12.9. The summed E-state index contributed by atoms with van der Waals surface area (Å²) < 4.78 is 12.1. The Hall–Kier alpha value is -2.76. The Morgan fingerprint density at radius 2 is 2.18 bits per heavy atom. The molecule has 22 heavy (non-hydrogen) atoms. The lowest BCUT2D eigenvalue weighted by Crippen LogP contribution is -2.19. The van der Waals surface area contributed by atoms with Crippen LogP contribution in [-0.4, -0.2) is 29.9 Å². The van der Waals surface area contributed by atoms with Crippen molar-refractivity contribution in [1.29, 1.82) is 0 Å². The molecule has 0 aliphatic carbocycles. The van der Waals surface area contributed by atoms with Crippen LogP contribution >= 0.6 is 0 Å². The van der Waals surface area contributed by atoms with Crippen LogP contribution in [-0.2, 0) is 18.4 Å². The summed E-state index contributed by atoms with van der Waals surface area (Å²) in [5, 5.41) is 6.84. The summed E-state index contributed by atoms with van der Waals surface area (Å²) in [5.74, 6) is 1.20. The average Bonchev–Trinajstić information content (AvgIpc) is 2.96. The van der Waals surface area contributed by atoms with Gasteiger partial charge in [-0.1, -0.05) is 0 Å². The van der Waals surface area contributed by atoms with Crippen LogP contribution in [0, 0.1) is 0 Å². The highest BCUT2D eigenvalue weighted by Crippen LogP contribution is 2.24. The third-order valence-corrected chi connectivity index (χ3v) is 3.08. The molecule has 2 aromatic rings. The van der Waals surface area contributed by atoms with Gasteiger partial charge in [0.1, 0.15) is 11.5 Å². The van der Waals surface area contributed by atoms with E-state index in [1.807, 2.05) is 19.3 Å². The first-order valence-electron chi connectivity index (χ1n) is 6.78. The Morgan fingerprint density at radius 1 is 1.36 bits per heavy atom. The van der Waals surface area contributed by atoms with Crippen LogP contribution in [0.3, 0.4) is 0 Å². The van der Waals surface area contributed by atoms with E-state index in [2.05, 4.69) is 10.4 Å². The molecule has 0 radical (unpaired) electrons. The minimum absolute atomic E-state index is 0.186. The van der Waals surface area contributed by atoms with E-state index < -0.39 is 0 Å². The van der Waals surface area contributed by atoms with Crippen LogP contribution in [0.4, 0.5) is 0 Å². The number of methoxy groups -OCH3 is 2. The molecule has 6 nitrogen and oxygen atoms in total. The number of hydrogen-bond donors (Lipinski definition) is 1. The van der Waals surface area contributed by atoms with Crippen LogP contribution < -0.4 is 14.8 Å². The van der Waals surface area contributed by atoms with E-state index in [0.717, 1.165) is 11.1 Å². The van der Waals surface area contributed by atoms with Gasteiger partial charge in [0.2, 0.25) is 5.91 Å².